The Hall–Kier alpha value is 1.54. The second-order valence-electron chi connectivity index (χ2n) is 0.609. The molecular weight excluding hydrogens is 126 g/mol. The van der Waals surface area contributed by atoms with Crippen molar-refractivity contribution in [2.75, 3.05) is 0 Å². The molecule has 1 atom stereocenters. The minimum atomic E-state index is -0.282. The molecule has 2 nitrogen and oxygen atoms in total. The molecule has 0 heterocycles. The molecule has 0 amide bonds. The van der Waals surface area contributed by atoms with Crippen molar-refractivity contribution in [3.8, 4) is 0 Å². The molecule has 6 heavy (non-hydrogen) atoms. The van der Waals surface area contributed by atoms with E-state index in [1.807, 2.05) is 9.47 Å². The monoisotopic (exact) mass is 132 g/mol. The fraction of sp³-hybridized carbons (Fsp3) is 0.500. The van der Waals surface area contributed by atoms with Crippen molar-refractivity contribution in [1.82, 2.24) is 0 Å². The minimum Gasteiger partial charge on any atom is -1.00 e. The molecule has 32 valence electrons. The van der Waals surface area contributed by atoms with Crippen molar-refractivity contribution in [1.29, 1.82) is 0 Å². The molecule has 0 rings (SSSR count). The van der Waals surface area contributed by atoms with Gasteiger partial charge in [0, 0.05) is 6.92 Å². The van der Waals surface area contributed by atoms with Gasteiger partial charge in [0.1, 0.15) is 0 Å². The van der Waals surface area contributed by atoms with E-state index in [0.29, 0.717) is 0 Å². The summed E-state index contributed by atoms with van der Waals surface area (Å²) in [6.07, 6.45) is 0. The van der Waals surface area contributed by atoms with Gasteiger partial charge in [-0.25, -0.2) is 0 Å². The Morgan fingerprint density at radius 3 is 2.17 bits per heavy atom. The number of carbonyl (C=O) groups is 1. The largest absolute Gasteiger partial charge is 1.00 e. The molecule has 4 heteroatoms. The standard InChI is InChI=1S/C2H5O2P.K.H/c1-2(3)4-5;;/h5H2,1H3;;/q;+1;-1. The van der Waals surface area contributed by atoms with Gasteiger partial charge in [0.15, 0.2) is 0 Å². The molecule has 0 aliphatic rings. The second-order valence-corrected chi connectivity index (χ2v) is 0.845. The molecule has 1 unspecified atom stereocenters. The van der Waals surface area contributed by atoms with E-state index in [1.165, 1.54) is 6.92 Å². The fourth-order valence-corrected chi connectivity index (χ4v) is 0. The Balaban J connectivity index is -0.0000000800. The van der Waals surface area contributed by atoms with Crippen molar-refractivity contribution in [3.63, 3.8) is 0 Å². The SMILES string of the molecule is CC(=O)OP.[H-].[K+]. The van der Waals surface area contributed by atoms with Crippen LogP contribution in [0, 0.1) is 0 Å². The minimum absolute atomic E-state index is 0. The maximum absolute atomic E-state index is 9.57. The summed E-state index contributed by atoms with van der Waals surface area (Å²) in [6, 6.07) is 0. The molecule has 0 aliphatic carbocycles. The van der Waals surface area contributed by atoms with E-state index in [2.05, 4.69) is 4.52 Å². The molecule has 0 saturated carbocycles. The second kappa shape index (κ2) is 6.54. The van der Waals surface area contributed by atoms with Gasteiger partial charge in [-0.05, 0) is 0 Å². The van der Waals surface area contributed by atoms with Crippen LogP contribution >= 0.6 is 9.47 Å². The topological polar surface area (TPSA) is 26.3 Å². The van der Waals surface area contributed by atoms with Crippen molar-refractivity contribution < 1.29 is 62.1 Å². The third-order valence-corrected chi connectivity index (χ3v) is 0.498. The average Bonchev–Trinajstić information content (AvgIpc) is 1.38. The Kier molecular flexibility index (Phi) is 11.4. The first kappa shape index (κ1) is 10.5. The van der Waals surface area contributed by atoms with Crippen LogP contribution in [0.2, 0.25) is 0 Å². The molecule has 0 aromatic carbocycles. The number of hydrogen-bond acceptors (Lipinski definition) is 2. The van der Waals surface area contributed by atoms with Crippen LogP contribution in [-0.2, 0) is 9.32 Å². The van der Waals surface area contributed by atoms with Crippen LogP contribution in [0.4, 0.5) is 0 Å². The molecule has 0 aliphatic heterocycles. The van der Waals surface area contributed by atoms with Gasteiger partial charge < -0.3 is 5.95 Å². The summed E-state index contributed by atoms with van der Waals surface area (Å²) in [5, 5.41) is 0. The zero-order valence-corrected chi connectivity index (χ0v) is 8.17. The Morgan fingerprint density at radius 2 is 2.17 bits per heavy atom. The van der Waals surface area contributed by atoms with Gasteiger partial charge in [-0.15, -0.1) is 0 Å². The van der Waals surface area contributed by atoms with Crippen molar-refractivity contribution in [2.45, 2.75) is 6.92 Å². The predicted molar refractivity (Wildman–Crippen MR) is 22.6 cm³/mol. The Bertz CT molecular complexity index is 51.0. The van der Waals surface area contributed by atoms with Crippen LogP contribution in [-0.4, -0.2) is 5.97 Å². The van der Waals surface area contributed by atoms with Gasteiger partial charge in [-0.3, -0.25) is 4.79 Å². The maximum atomic E-state index is 9.57. The summed E-state index contributed by atoms with van der Waals surface area (Å²) in [5.41, 5.74) is 0. The first-order chi connectivity index (χ1) is 2.27. The quantitative estimate of drug-likeness (QED) is 0.268. The average molecular weight is 132 g/mol. The summed E-state index contributed by atoms with van der Waals surface area (Å²) < 4.78 is 4.03. The van der Waals surface area contributed by atoms with Crippen molar-refractivity contribution in [3.05, 3.63) is 0 Å². The van der Waals surface area contributed by atoms with Crippen LogP contribution < -0.4 is 51.4 Å². The summed E-state index contributed by atoms with van der Waals surface area (Å²) >= 11 is 0. The number of carbonyl (C=O) groups excluding carboxylic acids is 1. The van der Waals surface area contributed by atoms with Crippen LogP contribution in [0.15, 0.2) is 0 Å². The summed E-state index contributed by atoms with van der Waals surface area (Å²) in [6.45, 7) is 1.34. The molecule has 0 aromatic rings. The summed E-state index contributed by atoms with van der Waals surface area (Å²) in [5.74, 6) is -0.282. The maximum Gasteiger partial charge on any atom is 1.00 e. The third-order valence-electron chi connectivity index (χ3n) is 0.166. The zero-order valence-electron chi connectivity index (χ0n) is 4.89. The number of rotatable bonds is 0. The molecule has 0 radical (unpaired) electrons. The van der Waals surface area contributed by atoms with E-state index < -0.39 is 0 Å². The van der Waals surface area contributed by atoms with Crippen LogP contribution in [0.5, 0.6) is 0 Å². The molecular formula is C2H6KO2P. The van der Waals surface area contributed by atoms with Crippen molar-refractivity contribution in [2.24, 2.45) is 0 Å². The van der Waals surface area contributed by atoms with Crippen LogP contribution in [0.3, 0.4) is 0 Å². The molecule has 0 fully saturated rings. The predicted octanol–water partition coefficient (Wildman–Crippen LogP) is -2.54. The van der Waals surface area contributed by atoms with E-state index in [0.717, 1.165) is 0 Å². The van der Waals surface area contributed by atoms with Crippen LogP contribution in [0.1, 0.15) is 8.35 Å². The summed E-state index contributed by atoms with van der Waals surface area (Å²) in [7, 11) is 1.84. The summed E-state index contributed by atoms with van der Waals surface area (Å²) in [4.78, 5) is 9.57. The van der Waals surface area contributed by atoms with Crippen molar-refractivity contribution >= 4 is 15.4 Å². The van der Waals surface area contributed by atoms with Gasteiger partial charge in [0.2, 0.25) is 0 Å². The van der Waals surface area contributed by atoms with Gasteiger partial charge in [-0.1, -0.05) is 0 Å². The van der Waals surface area contributed by atoms with E-state index in [4.69, 9.17) is 0 Å². The Labute approximate surface area is 83.2 Å². The third kappa shape index (κ3) is 9.11. The van der Waals surface area contributed by atoms with E-state index >= 15 is 0 Å². The van der Waals surface area contributed by atoms with Gasteiger partial charge in [0.05, 0.1) is 9.47 Å². The smallest absolute Gasteiger partial charge is 1.00 e. The Morgan fingerprint density at radius 1 is 2.00 bits per heavy atom. The van der Waals surface area contributed by atoms with Gasteiger partial charge >= 0.3 is 57.4 Å². The normalized spacial score (nSPS) is 5.67. The number of hydrogen-bond donors (Lipinski definition) is 0. The first-order valence-electron chi connectivity index (χ1n) is 1.14. The van der Waals surface area contributed by atoms with Gasteiger partial charge in [-0.2, -0.15) is 0 Å². The first-order valence-corrected chi connectivity index (χ1v) is 1.62. The van der Waals surface area contributed by atoms with Gasteiger partial charge in [0.25, 0.3) is 0 Å². The van der Waals surface area contributed by atoms with Crippen LogP contribution in [0.25, 0.3) is 0 Å². The van der Waals surface area contributed by atoms with E-state index in [-0.39, 0.29) is 58.8 Å². The molecule has 0 N–H and O–H groups in total. The molecule has 0 saturated heterocycles. The fourth-order valence-electron chi connectivity index (χ4n) is 0. The van der Waals surface area contributed by atoms with E-state index in [1.54, 1.807) is 0 Å². The molecule has 0 bridgehead atoms. The van der Waals surface area contributed by atoms with E-state index in [9.17, 15) is 4.79 Å². The molecule has 0 aromatic heterocycles. The molecule has 0 spiro atoms. The zero-order chi connectivity index (χ0) is 4.28.